The number of nitrogens with two attached hydrogens (primary N) is 1. The first-order chi connectivity index (χ1) is 9.59. The maximum absolute atomic E-state index is 6.25. The van der Waals surface area contributed by atoms with Gasteiger partial charge in [-0.3, -0.25) is 0 Å². The molecule has 0 aliphatic heterocycles. The van der Waals surface area contributed by atoms with Crippen molar-refractivity contribution in [1.82, 2.24) is 20.1 Å². The Labute approximate surface area is 117 Å². The standard InChI is InChI=1S/C14H19N5O/c1-9-7-16-11(17-8-9)12-18-13(20-19-12)14(2)6-4-3-5-10(14)15/h7-8,10H,3-6,15H2,1-2H3. The Morgan fingerprint density at radius 2 is 2.00 bits per heavy atom. The van der Waals surface area contributed by atoms with Crippen LogP contribution in [0, 0.1) is 6.92 Å². The van der Waals surface area contributed by atoms with Crippen LogP contribution in [0.2, 0.25) is 0 Å². The minimum atomic E-state index is -0.242. The van der Waals surface area contributed by atoms with E-state index in [4.69, 9.17) is 10.3 Å². The minimum absolute atomic E-state index is 0.0588. The van der Waals surface area contributed by atoms with E-state index in [-0.39, 0.29) is 11.5 Å². The predicted molar refractivity (Wildman–Crippen MR) is 73.9 cm³/mol. The summed E-state index contributed by atoms with van der Waals surface area (Å²) in [4.78, 5) is 12.9. The van der Waals surface area contributed by atoms with Gasteiger partial charge in [0.25, 0.3) is 0 Å². The molecule has 0 bridgehead atoms. The fraction of sp³-hybridized carbons (Fsp3) is 0.571. The van der Waals surface area contributed by atoms with E-state index in [1.807, 2.05) is 6.92 Å². The Hall–Kier alpha value is -1.82. The summed E-state index contributed by atoms with van der Waals surface area (Å²) in [6, 6.07) is 0.0588. The van der Waals surface area contributed by atoms with Crippen LogP contribution in [0.4, 0.5) is 0 Å². The van der Waals surface area contributed by atoms with E-state index < -0.39 is 0 Å². The van der Waals surface area contributed by atoms with Crippen molar-refractivity contribution in [2.45, 2.75) is 51.0 Å². The third kappa shape index (κ3) is 2.20. The van der Waals surface area contributed by atoms with Crippen LogP contribution in [0.15, 0.2) is 16.9 Å². The Morgan fingerprint density at radius 1 is 1.25 bits per heavy atom. The SMILES string of the molecule is Cc1cnc(-c2noc(C3(C)CCCCC3N)n2)nc1. The molecule has 2 aromatic heterocycles. The van der Waals surface area contributed by atoms with Gasteiger partial charge in [0.05, 0.1) is 5.41 Å². The molecule has 2 unspecified atom stereocenters. The molecule has 2 heterocycles. The second kappa shape index (κ2) is 4.94. The molecule has 3 rings (SSSR count). The summed E-state index contributed by atoms with van der Waals surface area (Å²) in [5, 5.41) is 4.00. The van der Waals surface area contributed by atoms with Gasteiger partial charge in [-0.05, 0) is 32.3 Å². The van der Waals surface area contributed by atoms with Crippen molar-refractivity contribution in [3.05, 3.63) is 23.8 Å². The van der Waals surface area contributed by atoms with E-state index in [1.54, 1.807) is 12.4 Å². The monoisotopic (exact) mass is 273 g/mol. The summed E-state index contributed by atoms with van der Waals surface area (Å²) < 4.78 is 5.44. The third-order valence-electron chi connectivity index (χ3n) is 4.18. The summed E-state index contributed by atoms with van der Waals surface area (Å²) in [5.74, 6) is 1.52. The normalized spacial score (nSPS) is 26.6. The van der Waals surface area contributed by atoms with Gasteiger partial charge in [-0.2, -0.15) is 4.98 Å². The first-order valence-electron chi connectivity index (χ1n) is 6.98. The van der Waals surface area contributed by atoms with Crippen molar-refractivity contribution in [2.24, 2.45) is 5.73 Å². The smallest absolute Gasteiger partial charge is 0.240 e. The molecule has 2 N–H and O–H groups in total. The maximum atomic E-state index is 6.25. The average molecular weight is 273 g/mol. The second-order valence-electron chi connectivity index (χ2n) is 5.78. The van der Waals surface area contributed by atoms with Crippen LogP contribution in [-0.2, 0) is 5.41 Å². The summed E-state index contributed by atoms with van der Waals surface area (Å²) >= 11 is 0. The van der Waals surface area contributed by atoms with E-state index in [0.717, 1.165) is 24.8 Å². The van der Waals surface area contributed by atoms with Gasteiger partial charge in [-0.15, -0.1) is 0 Å². The first kappa shape index (κ1) is 13.2. The topological polar surface area (TPSA) is 90.7 Å². The lowest BCUT2D eigenvalue weighted by Crippen LogP contribution is -2.45. The van der Waals surface area contributed by atoms with Gasteiger partial charge >= 0.3 is 0 Å². The highest BCUT2D eigenvalue weighted by atomic mass is 16.5. The highest BCUT2D eigenvalue weighted by molar-refractivity contribution is 5.41. The molecule has 0 radical (unpaired) electrons. The molecule has 1 aliphatic carbocycles. The fourth-order valence-electron chi connectivity index (χ4n) is 2.68. The van der Waals surface area contributed by atoms with Crippen LogP contribution in [0.25, 0.3) is 11.6 Å². The van der Waals surface area contributed by atoms with Gasteiger partial charge in [0.15, 0.2) is 0 Å². The maximum Gasteiger partial charge on any atom is 0.240 e. The quantitative estimate of drug-likeness (QED) is 0.899. The molecule has 0 saturated heterocycles. The van der Waals surface area contributed by atoms with Crippen molar-refractivity contribution in [3.63, 3.8) is 0 Å². The lowest BCUT2D eigenvalue weighted by molar-refractivity contribution is 0.203. The van der Waals surface area contributed by atoms with Gasteiger partial charge in [0.2, 0.25) is 17.5 Å². The molecule has 0 aromatic carbocycles. The summed E-state index contributed by atoms with van der Waals surface area (Å²) in [6.07, 6.45) is 7.76. The van der Waals surface area contributed by atoms with Crippen LogP contribution >= 0.6 is 0 Å². The highest BCUT2D eigenvalue weighted by Gasteiger charge is 2.40. The van der Waals surface area contributed by atoms with Crippen LogP contribution in [0.3, 0.4) is 0 Å². The third-order valence-corrected chi connectivity index (χ3v) is 4.18. The van der Waals surface area contributed by atoms with E-state index in [2.05, 4.69) is 27.0 Å². The van der Waals surface area contributed by atoms with Gasteiger partial charge in [-0.1, -0.05) is 18.0 Å². The lowest BCUT2D eigenvalue weighted by Gasteiger charge is -2.35. The molecule has 20 heavy (non-hydrogen) atoms. The van der Waals surface area contributed by atoms with Crippen molar-refractivity contribution in [2.75, 3.05) is 0 Å². The molecule has 1 fully saturated rings. The van der Waals surface area contributed by atoms with E-state index in [1.165, 1.54) is 6.42 Å². The Morgan fingerprint density at radius 3 is 2.70 bits per heavy atom. The minimum Gasteiger partial charge on any atom is -0.338 e. The molecule has 2 aromatic rings. The largest absolute Gasteiger partial charge is 0.338 e. The van der Waals surface area contributed by atoms with E-state index in [9.17, 15) is 0 Å². The van der Waals surface area contributed by atoms with Crippen LogP contribution in [0.1, 0.15) is 44.1 Å². The van der Waals surface area contributed by atoms with Crippen molar-refractivity contribution in [3.8, 4) is 11.6 Å². The number of aryl methyl sites for hydroxylation is 1. The van der Waals surface area contributed by atoms with Crippen LogP contribution in [-0.4, -0.2) is 26.2 Å². The molecule has 0 amide bonds. The zero-order chi connectivity index (χ0) is 14.2. The van der Waals surface area contributed by atoms with E-state index in [0.29, 0.717) is 17.5 Å². The Kier molecular flexibility index (Phi) is 3.25. The number of rotatable bonds is 2. The second-order valence-corrected chi connectivity index (χ2v) is 5.78. The fourth-order valence-corrected chi connectivity index (χ4v) is 2.68. The van der Waals surface area contributed by atoms with E-state index >= 15 is 0 Å². The number of nitrogens with zero attached hydrogens (tertiary/aromatic N) is 4. The summed E-state index contributed by atoms with van der Waals surface area (Å²) in [7, 11) is 0. The molecular formula is C14H19N5O. The van der Waals surface area contributed by atoms with Gasteiger partial charge < -0.3 is 10.3 Å². The molecular weight excluding hydrogens is 254 g/mol. The Balaban J connectivity index is 1.91. The number of hydrogen-bond donors (Lipinski definition) is 1. The molecule has 2 atom stereocenters. The van der Waals surface area contributed by atoms with Crippen molar-refractivity contribution >= 4 is 0 Å². The van der Waals surface area contributed by atoms with Crippen molar-refractivity contribution < 1.29 is 4.52 Å². The van der Waals surface area contributed by atoms with Gasteiger partial charge in [0, 0.05) is 18.4 Å². The van der Waals surface area contributed by atoms with Crippen LogP contribution < -0.4 is 5.73 Å². The first-order valence-corrected chi connectivity index (χ1v) is 6.98. The molecule has 1 saturated carbocycles. The van der Waals surface area contributed by atoms with Gasteiger partial charge in [-0.25, -0.2) is 9.97 Å². The predicted octanol–water partition coefficient (Wildman–Crippen LogP) is 1.99. The Bertz CT molecular complexity index is 594. The zero-order valence-corrected chi connectivity index (χ0v) is 11.8. The van der Waals surface area contributed by atoms with Crippen LogP contribution in [0.5, 0.6) is 0 Å². The zero-order valence-electron chi connectivity index (χ0n) is 11.8. The number of hydrogen-bond acceptors (Lipinski definition) is 6. The number of aromatic nitrogens is 4. The average Bonchev–Trinajstić information content (AvgIpc) is 2.93. The molecule has 106 valence electrons. The molecule has 1 aliphatic rings. The highest BCUT2D eigenvalue weighted by Crippen LogP contribution is 2.37. The molecule has 6 nitrogen and oxygen atoms in total. The lowest BCUT2D eigenvalue weighted by atomic mass is 9.72. The summed E-state index contributed by atoms with van der Waals surface area (Å²) in [6.45, 7) is 4.04. The van der Waals surface area contributed by atoms with Gasteiger partial charge in [0.1, 0.15) is 0 Å². The van der Waals surface area contributed by atoms with Crippen molar-refractivity contribution in [1.29, 1.82) is 0 Å². The summed E-state index contributed by atoms with van der Waals surface area (Å²) in [5.41, 5.74) is 7.01. The molecule has 0 spiro atoms. The molecule has 6 heteroatoms.